The Balaban J connectivity index is 1.21. The molecule has 2 aromatic carbocycles. The third-order valence-electron chi connectivity index (χ3n) is 10.4. The number of carbonyl (C=O) groups is 1. The summed E-state index contributed by atoms with van der Waals surface area (Å²) in [6, 6.07) is 10.6. The highest BCUT2D eigenvalue weighted by Crippen LogP contribution is 2.67. The molecule has 10 heteroatoms. The Hall–Kier alpha value is -3.24. The minimum Gasteiger partial charge on any atom is -0.381 e. The van der Waals surface area contributed by atoms with Crippen molar-refractivity contribution in [3.05, 3.63) is 76.4 Å². The topological polar surface area (TPSA) is 72.3 Å². The second-order valence-electron chi connectivity index (χ2n) is 13.3. The van der Waals surface area contributed by atoms with Gasteiger partial charge >= 0.3 is 6.18 Å². The van der Waals surface area contributed by atoms with Gasteiger partial charge in [0.15, 0.2) is 0 Å². The van der Waals surface area contributed by atoms with Gasteiger partial charge in [-0.15, -0.1) is 10.2 Å². The molecule has 3 aliphatic carbocycles. The fraction of sp³-hybridized carbons (Fsp3) is 0.531. The molecule has 3 saturated carbocycles. The van der Waals surface area contributed by atoms with E-state index in [0.29, 0.717) is 17.8 Å². The fourth-order valence-corrected chi connectivity index (χ4v) is 8.00. The van der Waals surface area contributed by atoms with Gasteiger partial charge in [-0.3, -0.25) is 4.79 Å². The summed E-state index contributed by atoms with van der Waals surface area (Å²) in [6.07, 6.45) is 4.29. The summed E-state index contributed by atoms with van der Waals surface area (Å²) in [7, 11) is 3.68. The summed E-state index contributed by atoms with van der Waals surface area (Å²) in [5.41, 5.74) is 1.27. The number of carbonyl (C=O) groups excluding carboxylic acids is 1. The lowest BCUT2D eigenvalue weighted by molar-refractivity contribution is -0.138. The number of hydrogen-bond donors (Lipinski definition) is 1. The number of rotatable bonds is 7. The number of fused-ring (bicyclic) bond motifs is 1. The molecule has 0 radical (unpaired) electrons. The van der Waals surface area contributed by atoms with Crippen molar-refractivity contribution in [3.63, 3.8) is 0 Å². The minimum atomic E-state index is -4.56. The van der Waals surface area contributed by atoms with Crippen LogP contribution in [-0.4, -0.2) is 39.4 Å². The van der Waals surface area contributed by atoms with E-state index < -0.39 is 17.6 Å². The molecule has 3 aromatic rings. The van der Waals surface area contributed by atoms with Crippen LogP contribution in [0.5, 0.6) is 0 Å². The molecule has 7 nitrogen and oxygen atoms in total. The van der Waals surface area contributed by atoms with E-state index in [4.69, 9.17) is 4.74 Å². The van der Waals surface area contributed by atoms with Gasteiger partial charge in [-0.25, -0.2) is 0 Å². The van der Waals surface area contributed by atoms with E-state index in [1.807, 2.05) is 35.9 Å². The molecule has 1 aromatic heterocycles. The molecule has 0 unspecified atom stereocenters. The van der Waals surface area contributed by atoms with Gasteiger partial charge in [-0.1, -0.05) is 12.1 Å². The van der Waals surface area contributed by atoms with Crippen molar-refractivity contribution in [1.82, 2.24) is 20.1 Å². The van der Waals surface area contributed by atoms with Crippen LogP contribution in [0.3, 0.4) is 0 Å². The summed E-state index contributed by atoms with van der Waals surface area (Å²) < 4.78 is 50.4. The minimum absolute atomic E-state index is 0.0437. The first kappa shape index (κ1) is 27.6. The zero-order valence-electron chi connectivity index (χ0n) is 24.2. The fourth-order valence-electron chi connectivity index (χ4n) is 8.00. The number of nitrogens with one attached hydrogen (secondary N) is 1. The maximum Gasteiger partial charge on any atom is 0.416 e. The molecule has 42 heavy (non-hydrogen) atoms. The van der Waals surface area contributed by atoms with Crippen LogP contribution in [0.25, 0.3) is 0 Å². The highest BCUT2D eigenvalue weighted by molar-refractivity contribution is 6.10. The summed E-state index contributed by atoms with van der Waals surface area (Å²) in [5, 5.41) is 12.0. The van der Waals surface area contributed by atoms with E-state index in [-0.39, 0.29) is 40.1 Å². The van der Waals surface area contributed by atoms with Crippen LogP contribution in [0.15, 0.2) is 42.7 Å². The number of halogens is 3. The largest absolute Gasteiger partial charge is 0.416 e. The Morgan fingerprint density at radius 3 is 2.52 bits per heavy atom. The summed E-state index contributed by atoms with van der Waals surface area (Å²) in [6.45, 7) is 2.27. The van der Waals surface area contributed by atoms with Crippen molar-refractivity contribution in [2.75, 3.05) is 12.0 Å². The van der Waals surface area contributed by atoms with Crippen LogP contribution in [0.1, 0.15) is 90.3 Å². The Labute approximate surface area is 243 Å². The van der Waals surface area contributed by atoms with Crippen LogP contribution in [0.4, 0.5) is 18.9 Å². The maximum atomic E-state index is 14.3. The molecular weight excluding hydrogens is 543 g/mol. The Morgan fingerprint density at radius 2 is 1.90 bits per heavy atom. The molecule has 7 rings (SSSR count). The molecular formula is C32H36F3N5O2. The van der Waals surface area contributed by atoms with Gasteiger partial charge in [0.2, 0.25) is 0 Å². The molecule has 4 aliphatic rings. The molecule has 3 fully saturated rings. The number of aromatic nitrogens is 3. The molecule has 1 aliphatic heterocycles. The van der Waals surface area contributed by atoms with Gasteiger partial charge < -0.3 is 19.5 Å². The maximum absolute atomic E-state index is 14.3. The Bertz CT molecular complexity index is 1550. The van der Waals surface area contributed by atoms with E-state index in [9.17, 15) is 18.0 Å². The number of alkyl halides is 3. The SMILES string of the molecule is COC1CC2(C1)CC(c1cccc(N3Cc4c(cc(CNC5(C)CCC5)cc4C(F)(F)F)C3=O)c1)(c1nncn1C)C2. The van der Waals surface area contributed by atoms with Crippen LogP contribution in [0, 0.1) is 5.41 Å². The lowest BCUT2D eigenvalue weighted by Gasteiger charge is -2.62. The van der Waals surface area contributed by atoms with Crippen LogP contribution in [0.2, 0.25) is 0 Å². The van der Waals surface area contributed by atoms with E-state index in [2.05, 4.69) is 22.4 Å². The number of methoxy groups -OCH3 is 1. The van der Waals surface area contributed by atoms with Crippen molar-refractivity contribution < 1.29 is 22.7 Å². The highest BCUT2D eigenvalue weighted by atomic mass is 19.4. The molecule has 222 valence electrons. The van der Waals surface area contributed by atoms with E-state index in [1.54, 1.807) is 19.5 Å². The van der Waals surface area contributed by atoms with Crippen LogP contribution >= 0.6 is 0 Å². The van der Waals surface area contributed by atoms with Gasteiger partial charge in [-0.05, 0) is 98.2 Å². The van der Waals surface area contributed by atoms with Crippen molar-refractivity contribution in [2.45, 2.75) is 88.2 Å². The number of ether oxygens (including phenoxy) is 1. The zero-order valence-corrected chi connectivity index (χ0v) is 24.2. The van der Waals surface area contributed by atoms with Gasteiger partial charge in [-0.2, -0.15) is 13.2 Å². The van der Waals surface area contributed by atoms with Gasteiger partial charge in [0.1, 0.15) is 12.2 Å². The van der Waals surface area contributed by atoms with Crippen molar-refractivity contribution in [1.29, 1.82) is 0 Å². The highest BCUT2D eigenvalue weighted by Gasteiger charge is 2.63. The van der Waals surface area contributed by atoms with E-state index >= 15 is 0 Å². The average Bonchev–Trinajstić information content (AvgIpc) is 3.47. The summed E-state index contributed by atoms with van der Waals surface area (Å²) in [4.78, 5) is 15.2. The average molecular weight is 580 g/mol. The Kier molecular flexibility index (Phi) is 6.16. The van der Waals surface area contributed by atoms with Crippen LogP contribution in [-0.2, 0) is 36.5 Å². The number of benzene rings is 2. The first-order valence-electron chi connectivity index (χ1n) is 14.7. The summed E-state index contributed by atoms with van der Waals surface area (Å²) >= 11 is 0. The predicted octanol–water partition coefficient (Wildman–Crippen LogP) is 5.90. The third-order valence-corrected chi connectivity index (χ3v) is 10.4. The number of aryl methyl sites for hydroxylation is 1. The number of hydrogen-bond acceptors (Lipinski definition) is 5. The molecule has 1 amide bonds. The number of nitrogens with zero attached hydrogens (tertiary/aromatic N) is 4. The first-order chi connectivity index (χ1) is 19.9. The molecule has 2 heterocycles. The van der Waals surface area contributed by atoms with Gasteiger partial charge in [0.25, 0.3) is 5.91 Å². The number of anilines is 1. The lowest BCUT2D eigenvalue weighted by atomic mass is 9.42. The first-order valence-corrected chi connectivity index (χ1v) is 14.7. The molecule has 0 saturated heterocycles. The third kappa shape index (κ3) is 4.28. The van der Waals surface area contributed by atoms with Crippen LogP contribution < -0.4 is 10.2 Å². The van der Waals surface area contributed by atoms with Gasteiger partial charge in [0.05, 0.1) is 23.6 Å². The molecule has 0 atom stereocenters. The smallest absolute Gasteiger partial charge is 0.381 e. The molecule has 1 spiro atoms. The predicted molar refractivity (Wildman–Crippen MR) is 151 cm³/mol. The Morgan fingerprint density at radius 1 is 1.14 bits per heavy atom. The lowest BCUT2D eigenvalue weighted by Crippen LogP contribution is -2.59. The normalized spacial score (nSPS) is 27.9. The van der Waals surface area contributed by atoms with E-state index in [1.165, 1.54) is 11.0 Å². The second kappa shape index (κ2) is 9.38. The van der Waals surface area contributed by atoms with Gasteiger partial charge in [0, 0.05) is 37.5 Å². The number of amides is 1. The zero-order chi connectivity index (χ0) is 29.5. The standard InChI is InChI=1S/C32H36F3N5O2/c1-29(8-5-9-29)36-15-20-10-24-25(26(11-20)32(33,34)35)16-40(27(24)41)22-7-4-6-21(12-22)31(28-38-37-19-39(28)2)17-30(18-31)13-23(14-30)42-3/h4,6-7,10-12,19,23,36H,5,8-9,13-18H2,1-3H3. The van der Waals surface area contributed by atoms with Crippen molar-refractivity contribution in [3.8, 4) is 0 Å². The quantitative estimate of drug-likeness (QED) is 0.377. The van der Waals surface area contributed by atoms with E-state index in [0.717, 1.165) is 56.3 Å². The van der Waals surface area contributed by atoms with Crippen molar-refractivity contribution in [2.24, 2.45) is 12.5 Å². The molecule has 1 N–H and O–H groups in total. The molecule has 0 bridgehead atoms. The second-order valence-corrected chi connectivity index (χ2v) is 13.3. The monoisotopic (exact) mass is 579 g/mol. The summed E-state index contributed by atoms with van der Waals surface area (Å²) in [5.74, 6) is 0.461. The van der Waals surface area contributed by atoms with Crippen molar-refractivity contribution >= 4 is 11.6 Å².